The SMILES string of the molecule is COc1ccc(C(Cc2cccc(-c3c(C)noc3C)c2)c2cn(C)c(N)n2)cc1. The third-order valence-electron chi connectivity index (χ3n) is 5.49. The Morgan fingerprint density at radius 1 is 1.13 bits per heavy atom. The van der Waals surface area contributed by atoms with Gasteiger partial charge in [-0.15, -0.1) is 0 Å². The fourth-order valence-corrected chi connectivity index (χ4v) is 3.89. The van der Waals surface area contributed by atoms with Gasteiger partial charge in [0, 0.05) is 24.7 Å². The summed E-state index contributed by atoms with van der Waals surface area (Å²) in [5, 5.41) is 4.09. The van der Waals surface area contributed by atoms with Crippen LogP contribution in [0, 0.1) is 13.8 Å². The molecule has 4 rings (SSSR count). The summed E-state index contributed by atoms with van der Waals surface area (Å²) >= 11 is 0. The number of ether oxygens (including phenoxy) is 1. The zero-order valence-electron chi connectivity index (χ0n) is 17.7. The van der Waals surface area contributed by atoms with Gasteiger partial charge in [-0.25, -0.2) is 4.98 Å². The monoisotopic (exact) mass is 402 g/mol. The molecule has 0 amide bonds. The van der Waals surface area contributed by atoms with E-state index in [4.69, 9.17) is 15.0 Å². The van der Waals surface area contributed by atoms with Crippen LogP contribution in [-0.2, 0) is 13.5 Å². The molecule has 0 aliphatic heterocycles. The molecule has 0 aliphatic rings. The van der Waals surface area contributed by atoms with Crippen LogP contribution in [0.4, 0.5) is 5.95 Å². The Balaban J connectivity index is 1.72. The van der Waals surface area contributed by atoms with E-state index in [1.165, 1.54) is 5.56 Å². The number of nitrogens with zero attached hydrogens (tertiary/aromatic N) is 3. The van der Waals surface area contributed by atoms with E-state index in [9.17, 15) is 0 Å². The van der Waals surface area contributed by atoms with Gasteiger partial charge >= 0.3 is 0 Å². The molecule has 154 valence electrons. The summed E-state index contributed by atoms with van der Waals surface area (Å²) in [6.45, 7) is 3.91. The number of aromatic nitrogens is 3. The van der Waals surface area contributed by atoms with Crippen LogP contribution >= 0.6 is 0 Å². The third kappa shape index (κ3) is 3.81. The second kappa shape index (κ2) is 8.06. The number of hydrogen-bond acceptors (Lipinski definition) is 5. The molecule has 30 heavy (non-hydrogen) atoms. The maximum Gasteiger partial charge on any atom is 0.200 e. The highest BCUT2D eigenvalue weighted by Gasteiger charge is 2.20. The highest BCUT2D eigenvalue weighted by atomic mass is 16.5. The minimum Gasteiger partial charge on any atom is -0.497 e. The third-order valence-corrected chi connectivity index (χ3v) is 5.49. The van der Waals surface area contributed by atoms with E-state index in [2.05, 4.69) is 46.5 Å². The van der Waals surface area contributed by atoms with Crippen molar-refractivity contribution >= 4 is 5.95 Å². The van der Waals surface area contributed by atoms with Crippen LogP contribution in [-0.4, -0.2) is 21.8 Å². The van der Waals surface area contributed by atoms with Crippen molar-refractivity contribution in [3.8, 4) is 16.9 Å². The number of benzene rings is 2. The van der Waals surface area contributed by atoms with Crippen LogP contribution in [0.5, 0.6) is 5.75 Å². The molecule has 4 aromatic rings. The lowest BCUT2D eigenvalue weighted by atomic mass is 9.88. The predicted octanol–water partition coefficient (Wildman–Crippen LogP) is 4.66. The Morgan fingerprint density at radius 2 is 1.90 bits per heavy atom. The van der Waals surface area contributed by atoms with Gasteiger partial charge in [-0.05, 0) is 49.1 Å². The lowest BCUT2D eigenvalue weighted by Gasteiger charge is -2.17. The fourth-order valence-electron chi connectivity index (χ4n) is 3.89. The first-order valence-electron chi connectivity index (χ1n) is 9.91. The van der Waals surface area contributed by atoms with Crippen LogP contribution in [0.15, 0.2) is 59.3 Å². The number of nitrogen functional groups attached to an aromatic ring is 1. The minimum absolute atomic E-state index is 0.0688. The smallest absolute Gasteiger partial charge is 0.200 e. The summed E-state index contributed by atoms with van der Waals surface area (Å²) in [6.07, 6.45) is 2.79. The molecule has 0 saturated carbocycles. The molecule has 2 heterocycles. The minimum atomic E-state index is 0.0688. The zero-order chi connectivity index (χ0) is 21.3. The van der Waals surface area contributed by atoms with E-state index in [-0.39, 0.29) is 5.92 Å². The van der Waals surface area contributed by atoms with Gasteiger partial charge in [-0.2, -0.15) is 0 Å². The van der Waals surface area contributed by atoms with Crippen molar-refractivity contribution in [1.29, 1.82) is 0 Å². The Kier molecular flexibility index (Phi) is 5.31. The Morgan fingerprint density at radius 3 is 2.50 bits per heavy atom. The number of imidazole rings is 1. The number of nitrogens with two attached hydrogens (primary N) is 1. The van der Waals surface area contributed by atoms with Crippen LogP contribution in [0.3, 0.4) is 0 Å². The van der Waals surface area contributed by atoms with Crippen molar-refractivity contribution in [3.63, 3.8) is 0 Å². The summed E-state index contributed by atoms with van der Waals surface area (Å²) in [5.74, 6) is 2.24. The van der Waals surface area contributed by atoms with Crippen molar-refractivity contribution < 1.29 is 9.26 Å². The summed E-state index contributed by atoms with van der Waals surface area (Å²) in [7, 11) is 3.58. The molecule has 0 radical (unpaired) electrons. The van der Waals surface area contributed by atoms with Gasteiger partial charge in [-0.3, -0.25) is 0 Å². The van der Waals surface area contributed by atoms with Gasteiger partial charge in [0.25, 0.3) is 0 Å². The van der Waals surface area contributed by atoms with Gasteiger partial charge in [0.15, 0.2) is 5.95 Å². The Bertz CT molecular complexity index is 1120. The van der Waals surface area contributed by atoms with Crippen molar-refractivity contribution in [1.82, 2.24) is 14.7 Å². The zero-order valence-corrected chi connectivity index (χ0v) is 17.7. The molecule has 1 atom stereocenters. The standard InChI is InChI=1S/C24H26N4O2/c1-15-23(16(2)30-27-15)19-7-5-6-17(12-19)13-21(22-14-28(3)24(25)26-22)18-8-10-20(29-4)11-9-18/h5-12,14,21H,13H2,1-4H3,(H2,25,26). The average Bonchev–Trinajstić information content (AvgIpc) is 3.27. The molecule has 0 fully saturated rings. The molecular weight excluding hydrogens is 376 g/mol. The molecule has 2 N–H and O–H groups in total. The topological polar surface area (TPSA) is 79.1 Å². The summed E-state index contributed by atoms with van der Waals surface area (Å²) in [4.78, 5) is 4.61. The van der Waals surface area contributed by atoms with Crippen LogP contribution in [0.25, 0.3) is 11.1 Å². The second-order valence-electron chi connectivity index (χ2n) is 7.56. The van der Waals surface area contributed by atoms with Crippen molar-refractivity contribution in [2.24, 2.45) is 7.05 Å². The lowest BCUT2D eigenvalue weighted by Crippen LogP contribution is -2.06. The molecule has 2 aromatic heterocycles. The number of anilines is 1. The maximum atomic E-state index is 6.03. The fraction of sp³-hybridized carbons (Fsp3) is 0.250. The quantitative estimate of drug-likeness (QED) is 0.507. The molecule has 0 bridgehead atoms. The Labute approximate surface area is 176 Å². The Hall–Kier alpha value is -3.54. The highest BCUT2D eigenvalue weighted by molar-refractivity contribution is 5.68. The summed E-state index contributed by atoms with van der Waals surface area (Å²) in [5.41, 5.74) is 12.4. The molecule has 2 aromatic carbocycles. The first kappa shape index (κ1) is 19.8. The van der Waals surface area contributed by atoms with E-state index >= 15 is 0 Å². The molecule has 0 spiro atoms. The van der Waals surface area contributed by atoms with Gasteiger partial charge in [0.1, 0.15) is 11.5 Å². The van der Waals surface area contributed by atoms with E-state index in [0.717, 1.165) is 46.0 Å². The second-order valence-corrected chi connectivity index (χ2v) is 7.56. The van der Waals surface area contributed by atoms with Crippen LogP contribution < -0.4 is 10.5 Å². The van der Waals surface area contributed by atoms with Gasteiger partial charge in [-0.1, -0.05) is 41.6 Å². The highest BCUT2D eigenvalue weighted by Crippen LogP contribution is 2.32. The first-order chi connectivity index (χ1) is 14.5. The van der Waals surface area contributed by atoms with Crippen molar-refractivity contribution in [2.45, 2.75) is 26.2 Å². The van der Waals surface area contributed by atoms with Gasteiger partial charge in [0.2, 0.25) is 0 Å². The average molecular weight is 402 g/mol. The van der Waals surface area contributed by atoms with E-state index in [1.54, 1.807) is 7.11 Å². The first-order valence-corrected chi connectivity index (χ1v) is 9.91. The van der Waals surface area contributed by atoms with E-state index < -0.39 is 0 Å². The number of methoxy groups -OCH3 is 1. The van der Waals surface area contributed by atoms with Crippen molar-refractivity contribution in [2.75, 3.05) is 12.8 Å². The van der Waals surface area contributed by atoms with Crippen LogP contribution in [0.1, 0.15) is 34.2 Å². The number of aryl methyl sites for hydroxylation is 3. The molecule has 6 heteroatoms. The lowest BCUT2D eigenvalue weighted by molar-refractivity contribution is 0.393. The van der Waals surface area contributed by atoms with Crippen molar-refractivity contribution in [3.05, 3.63) is 83.0 Å². The molecule has 1 unspecified atom stereocenters. The summed E-state index contributed by atoms with van der Waals surface area (Å²) in [6, 6.07) is 16.7. The molecule has 0 aliphatic carbocycles. The van der Waals surface area contributed by atoms with E-state index in [0.29, 0.717) is 5.95 Å². The summed E-state index contributed by atoms with van der Waals surface area (Å²) < 4.78 is 12.5. The number of hydrogen-bond donors (Lipinski definition) is 1. The largest absolute Gasteiger partial charge is 0.497 e. The normalized spacial score (nSPS) is 12.1. The molecule has 0 saturated heterocycles. The predicted molar refractivity (Wildman–Crippen MR) is 118 cm³/mol. The number of rotatable bonds is 6. The maximum absolute atomic E-state index is 6.03. The molecular formula is C24H26N4O2. The molecule has 6 nitrogen and oxygen atoms in total. The van der Waals surface area contributed by atoms with Gasteiger partial charge < -0.3 is 19.6 Å². The van der Waals surface area contributed by atoms with Crippen LogP contribution in [0.2, 0.25) is 0 Å². The van der Waals surface area contributed by atoms with Gasteiger partial charge in [0.05, 0.1) is 18.5 Å². The van der Waals surface area contributed by atoms with E-state index in [1.807, 2.05) is 43.8 Å².